The van der Waals surface area contributed by atoms with Gasteiger partial charge in [0.2, 0.25) is 5.91 Å². The van der Waals surface area contributed by atoms with Crippen molar-refractivity contribution < 1.29 is 9.18 Å². The molecule has 2 nitrogen and oxygen atoms in total. The molecule has 2 aliphatic rings. The molecule has 0 spiro atoms. The second-order valence-electron chi connectivity index (χ2n) is 5.91. The Bertz CT molecular complexity index is 474. The predicted octanol–water partition coefficient (Wildman–Crippen LogP) is 2.92. The predicted molar refractivity (Wildman–Crippen MR) is 72.1 cm³/mol. The van der Waals surface area contributed by atoms with Crippen molar-refractivity contribution >= 4 is 5.91 Å². The van der Waals surface area contributed by atoms with Crippen molar-refractivity contribution in [1.29, 1.82) is 0 Å². The van der Waals surface area contributed by atoms with E-state index in [-0.39, 0.29) is 17.6 Å². The van der Waals surface area contributed by atoms with E-state index >= 15 is 0 Å². The topological polar surface area (TPSA) is 29.1 Å². The lowest BCUT2D eigenvalue weighted by Gasteiger charge is -2.20. The van der Waals surface area contributed by atoms with E-state index in [0.717, 1.165) is 12.3 Å². The molecule has 0 heterocycles. The molecule has 0 unspecified atom stereocenters. The van der Waals surface area contributed by atoms with Gasteiger partial charge in [0.05, 0.1) is 0 Å². The van der Waals surface area contributed by atoms with Crippen molar-refractivity contribution in [2.24, 2.45) is 17.8 Å². The first-order chi connectivity index (χ1) is 9.24. The molecular weight excluding hydrogens is 241 g/mol. The van der Waals surface area contributed by atoms with Crippen LogP contribution in [0.2, 0.25) is 0 Å². The molecule has 3 atom stereocenters. The summed E-state index contributed by atoms with van der Waals surface area (Å²) in [4.78, 5) is 12.1. The van der Waals surface area contributed by atoms with Gasteiger partial charge in [-0.3, -0.25) is 4.79 Å². The van der Waals surface area contributed by atoms with Gasteiger partial charge in [-0.15, -0.1) is 0 Å². The maximum absolute atomic E-state index is 13.4. The largest absolute Gasteiger partial charge is 0.356 e. The Kier molecular flexibility index (Phi) is 3.54. The van der Waals surface area contributed by atoms with Crippen LogP contribution in [-0.4, -0.2) is 12.5 Å². The zero-order valence-electron chi connectivity index (χ0n) is 11.1. The summed E-state index contributed by atoms with van der Waals surface area (Å²) in [5.74, 6) is 1.62. The lowest BCUT2D eigenvalue weighted by Crippen LogP contribution is -2.34. The Morgan fingerprint density at radius 2 is 2.11 bits per heavy atom. The minimum Gasteiger partial charge on any atom is -0.356 e. The number of hydrogen-bond donors (Lipinski definition) is 1. The first-order valence-electron chi connectivity index (χ1n) is 7.25. The fourth-order valence-corrected chi connectivity index (χ4v) is 3.72. The van der Waals surface area contributed by atoms with Crippen LogP contribution in [0.4, 0.5) is 4.39 Å². The van der Waals surface area contributed by atoms with E-state index in [1.807, 2.05) is 6.07 Å². The minimum absolute atomic E-state index is 0.184. The van der Waals surface area contributed by atoms with Crippen LogP contribution in [0.25, 0.3) is 0 Å². The zero-order valence-corrected chi connectivity index (χ0v) is 11.1. The van der Waals surface area contributed by atoms with Gasteiger partial charge in [-0.2, -0.15) is 0 Å². The second kappa shape index (κ2) is 5.32. The number of fused-ring (bicyclic) bond motifs is 2. The molecule has 0 radical (unpaired) electrons. The molecule has 0 aromatic heterocycles. The second-order valence-corrected chi connectivity index (χ2v) is 5.91. The average Bonchev–Trinajstić information content (AvgIpc) is 3.03. The first-order valence-corrected chi connectivity index (χ1v) is 7.25. The quantitative estimate of drug-likeness (QED) is 0.887. The van der Waals surface area contributed by atoms with E-state index in [1.54, 1.807) is 12.1 Å². The third-order valence-corrected chi connectivity index (χ3v) is 4.73. The van der Waals surface area contributed by atoms with Crippen LogP contribution in [-0.2, 0) is 11.2 Å². The number of carbonyl (C=O) groups is 1. The normalized spacial score (nSPS) is 28.6. The highest BCUT2D eigenvalue weighted by atomic mass is 19.1. The molecule has 1 aromatic carbocycles. The highest BCUT2D eigenvalue weighted by molar-refractivity contribution is 5.79. The van der Waals surface area contributed by atoms with Gasteiger partial charge in [0.25, 0.3) is 0 Å². The third-order valence-electron chi connectivity index (χ3n) is 4.73. The number of hydrogen-bond acceptors (Lipinski definition) is 1. The van der Waals surface area contributed by atoms with Gasteiger partial charge < -0.3 is 5.32 Å². The van der Waals surface area contributed by atoms with E-state index in [2.05, 4.69) is 5.32 Å². The van der Waals surface area contributed by atoms with Gasteiger partial charge in [-0.25, -0.2) is 4.39 Å². The van der Waals surface area contributed by atoms with Crippen molar-refractivity contribution in [1.82, 2.24) is 5.32 Å². The SMILES string of the molecule is O=C(NCCc1ccccc1F)[C@H]1C[C@H]2CC[C@H]1C2. The molecule has 3 heteroatoms. The highest BCUT2D eigenvalue weighted by Gasteiger charge is 2.42. The fourth-order valence-electron chi connectivity index (χ4n) is 3.72. The number of benzene rings is 1. The summed E-state index contributed by atoms with van der Waals surface area (Å²) in [5, 5.41) is 2.98. The van der Waals surface area contributed by atoms with Gasteiger partial charge in [0.15, 0.2) is 0 Å². The molecule has 2 fully saturated rings. The Labute approximate surface area is 113 Å². The lowest BCUT2D eigenvalue weighted by molar-refractivity contribution is -0.126. The van der Waals surface area contributed by atoms with E-state index in [1.165, 1.54) is 25.3 Å². The third kappa shape index (κ3) is 2.65. The average molecular weight is 261 g/mol. The molecule has 19 heavy (non-hydrogen) atoms. The van der Waals surface area contributed by atoms with Crippen LogP contribution in [0.5, 0.6) is 0 Å². The van der Waals surface area contributed by atoms with Gasteiger partial charge in [0, 0.05) is 12.5 Å². The highest BCUT2D eigenvalue weighted by Crippen LogP contribution is 2.48. The van der Waals surface area contributed by atoms with Crippen molar-refractivity contribution in [2.75, 3.05) is 6.54 Å². The Morgan fingerprint density at radius 3 is 2.79 bits per heavy atom. The fraction of sp³-hybridized carbons (Fsp3) is 0.562. The van der Waals surface area contributed by atoms with Crippen LogP contribution in [0.1, 0.15) is 31.2 Å². The number of carbonyl (C=O) groups excluding carboxylic acids is 1. The summed E-state index contributed by atoms with van der Waals surface area (Å²) < 4.78 is 13.4. The molecule has 2 bridgehead atoms. The standard InChI is InChI=1S/C16H20FNO/c17-15-4-2-1-3-12(15)7-8-18-16(19)14-10-11-5-6-13(14)9-11/h1-4,11,13-14H,5-10H2,(H,18,19)/t11-,13-,14-/m0/s1. The molecule has 0 saturated heterocycles. The smallest absolute Gasteiger partial charge is 0.223 e. The summed E-state index contributed by atoms with van der Waals surface area (Å²) in [5.41, 5.74) is 0.677. The van der Waals surface area contributed by atoms with E-state index in [0.29, 0.717) is 24.4 Å². The molecule has 1 N–H and O–H groups in total. The van der Waals surface area contributed by atoms with Crippen molar-refractivity contribution in [2.45, 2.75) is 32.1 Å². The Balaban J connectivity index is 1.48. The number of nitrogens with one attached hydrogen (secondary N) is 1. The maximum atomic E-state index is 13.4. The van der Waals surface area contributed by atoms with Crippen molar-refractivity contribution in [3.63, 3.8) is 0 Å². The molecular formula is C16H20FNO. The maximum Gasteiger partial charge on any atom is 0.223 e. The van der Waals surface area contributed by atoms with Crippen LogP contribution in [0.3, 0.4) is 0 Å². The van der Waals surface area contributed by atoms with Crippen LogP contribution < -0.4 is 5.32 Å². The molecule has 102 valence electrons. The van der Waals surface area contributed by atoms with Gasteiger partial charge in [-0.1, -0.05) is 24.6 Å². The first kappa shape index (κ1) is 12.6. The van der Waals surface area contributed by atoms with Crippen molar-refractivity contribution in [3.8, 4) is 0 Å². The number of amides is 1. The molecule has 1 aromatic rings. The van der Waals surface area contributed by atoms with Gasteiger partial charge in [-0.05, 0) is 49.1 Å². The summed E-state index contributed by atoms with van der Waals surface area (Å²) in [6.45, 7) is 0.535. The van der Waals surface area contributed by atoms with Crippen LogP contribution in [0, 0.1) is 23.6 Å². The van der Waals surface area contributed by atoms with E-state index < -0.39 is 0 Å². The zero-order chi connectivity index (χ0) is 13.2. The van der Waals surface area contributed by atoms with Gasteiger partial charge in [0.1, 0.15) is 5.82 Å². The number of rotatable bonds is 4. The summed E-state index contributed by atoms with van der Waals surface area (Å²) in [7, 11) is 0. The molecule has 0 aliphatic heterocycles. The lowest BCUT2D eigenvalue weighted by atomic mass is 9.88. The molecule has 2 saturated carbocycles. The van der Waals surface area contributed by atoms with E-state index in [4.69, 9.17) is 0 Å². The summed E-state index contributed by atoms with van der Waals surface area (Å²) >= 11 is 0. The summed E-state index contributed by atoms with van der Waals surface area (Å²) in [6, 6.07) is 6.76. The van der Waals surface area contributed by atoms with Crippen LogP contribution in [0.15, 0.2) is 24.3 Å². The monoisotopic (exact) mass is 261 g/mol. The number of halogens is 1. The van der Waals surface area contributed by atoms with E-state index in [9.17, 15) is 9.18 Å². The van der Waals surface area contributed by atoms with Crippen molar-refractivity contribution in [3.05, 3.63) is 35.6 Å². The minimum atomic E-state index is -0.184. The Morgan fingerprint density at radius 1 is 1.26 bits per heavy atom. The summed E-state index contributed by atoms with van der Waals surface area (Å²) in [6.07, 6.45) is 5.40. The van der Waals surface area contributed by atoms with Crippen LogP contribution >= 0.6 is 0 Å². The van der Waals surface area contributed by atoms with Gasteiger partial charge >= 0.3 is 0 Å². The molecule has 2 aliphatic carbocycles. The molecule has 3 rings (SSSR count). The molecule has 1 amide bonds. The Hall–Kier alpha value is -1.38.